The summed E-state index contributed by atoms with van der Waals surface area (Å²) in [7, 11) is 0. The van der Waals surface area contributed by atoms with Crippen molar-refractivity contribution in [2.45, 2.75) is 18.8 Å². The molecule has 0 radical (unpaired) electrons. The second-order valence-corrected chi connectivity index (χ2v) is 6.13. The number of aromatic nitrogens is 1. The Bertz CT molecular complexity index is 923. The molecule has 1 N–H and O–H groups in total. The van der Waals surface area contributed by atoms with Gasteiger partial charge in [0.25, 0.3) is 5.69 Å². The van der Waals surface area contributed by atoms with Gasteiger partial charge in [0.05, 0.1) is 10.3 Å². The largest absolute Gasteiger partial charge is 0.384 e. The normalized spacial score (nSPS) is 16.1. The zero-order valence-corrected chi connectivity index (χ0v) is 13.1. The molecular weight excluding hydrogens is 302 g/mol. The highest BCUT2D eigenvalue weighted by Gasteiger charge is 2.22. The Morgan fingerprint density at radius 2 is 2.04 bits per heavy atom. The van der Waals surface area contributed by atoms with Crippen molar-refractivity contribution in [3.05, 3.63) is 76.1 Å². The van der Waals surface area contributed by atoms with Gasteiger partial charge in [-0.1, -0.05) is 24.3 Å². The number of nitrogens with zero attached hydrogens (tertiary/aromatic N) is 2. The Hall–Kier alpha value is -2.95. The summed E-state index contributed by atoms with van der Waals surface area (Å²) < 4.78 is 0. The molecule has 1 atom stereocenters. The van der Waals surface area contributed by atoms with Gasteiger partial charge in [-0.2, -0.15) is 0 Å². The van der Waals surface area contributed by atoms with Crippen molar-refractivity contribution in [3.63, 3.8) is 0 Å². The maximum atomic E-state index is 11.2. The highest BCUT2D eigenvalue weighted by Crippen LogP contribution is 2.35. The fourth-order valence-corrected chi connectivity index (χ4v) is 3.58. The Morgan fingerprint density at radius 3 is 2.92 bits per heavy atom. The second-order valence-electron chi connectivity index (χ2n) is 6.13. The predicted octanol–water partition coefficient (Wildman–Crippen LogP) is 4.28. The third-order valence-corrected chi connectivity index (χ3v) is 4.79. The van der Waals surface area contributed by atoms with Crippen LogP contribution in [0, 0.1) is 10.1 Å². The minimum atomic E-state index is -0.360. The van der Waals surface area contributed by atoms with Crippen LogP contribution in [0.1, 0.15) is 23.5 Å². The van der Waals surface area contributed by atoms with E-state index in [-0.39, 0.29) is 10.6 Å². The topological polar surface area (TPSA) is 68.1 Å². The van der Waals surface area contributed by atoms with Crippen LogP contribution in [0.5, 0.6) is 0 Å². The van der Waals surface area contributed by atoms with Gasteiger partial charge in [0, 0.05) is 42.0 Å². The number of nitro benzene ring substituents is 1. The Balaban J connectivity index is 1.62. The lowest BCUT2D eigenvalue weighted by atomic mass is 10.0. The first-order valence-corrected chi connectivity index (χ1v) is 8.07. The Kier molecular flexibility index (Phi) is 3.61. The van der Waals surface area contributed by atoms with Crippen LogP contribution >= 0.6 is 0 Å². The number of nitrogens with one attached hydrogen (secondary N) is 1. The number of nitro groups is 1. The van der Waals surface area contributed by atoms with E-state index in [1.54, 1.807) is 24.5 Å². The van der Waals surface area contributed by atoms with Gasteiger partial charge >= 0.3 is 0 Å². The number of rotatable bonds is 4. The zero-order valence-electron chi connectivity index (χ0n) is 13.1. The molecule has 0 aliphatic heterocycles. The van der Waals surface area contributed by atoms with Crippen molar-refractivity contribution >= 4 is 22.1 Å². The average molecular weight is 319 g/mol. The molecule has 24 heavy (non-hydrogen) atoms. The number of aryl methyl sites for hydroxylation is 1. The molecular formula is C19H17N3O2. The fourth-order valence-electron chi connectivity index (χ4n) is 3.58. The number of non-ortho nitro benzene ring substituents is 1. The predicted molar refractivity (Wildman–Crippen MR) is 94.4 cm³/mol. The molecule has 0 saturated heterocycles. The Labute approximate surface area is 139 Å². The third kappa shape index (κ3) is 2.48. The Morgan fingerprint density at radius 1 is 1.17 bits per heavy atom. The van der Waals surface area contributed by atoms with Gasteiger partial charge in [0.2, 0.25) is 0 Å². The quantitative estimate of drug-likeness (QED) is 0.575. The molecule has 1 aromatic heterocycles. The van der Waals surface area contributed by atoms with Crippen molar-refractivity contribution < 1.29 is 4.92 Å². The second kappa shape index (κ2) is 5.92. The molecule has 1 heterocycles. The van der Waals surface area contributed by atoms with Crippen molar-refractivity contribution in [3.8, 4) is 0 Å². The van der Waals surface area contributed by atoms with Crippen LogP contribution in [0.4, 0.5) is 11.4 Å². The van der Waals surface area contributed by atoms with Gasteiger partial charge in [-0.05, 0) is 36.1 Å². The first-order chi connectivity index (χ1) is 11.7. The summed E-state index contributed by atoms with van der Waals surface area (Å²) in [4.78, 5) is 14.9. The van der Waals surface area contributed by atoms with Crippen LogP contribution in [-0.4, -0.2) is 16.5 Å². The number of hydrogen-bond acceptors (Lipinski definition) is 4. The van der Waals surface area contributed by atoms with E-state index in [2.05, 4.69) is 34.6 Å². The number of anilines is 1. The fraction of sp³-hybridized carbons (Fsp3) is 0.211. The molecule has 3 aromatic rings. The molecule has 1 aliphatic rings. The molecule has 0 spiro atoms. The van der Waals surface area contributed by atoms with Crippen LogP contribution in [0.25, 0.3) is 10.8 Å². The summed E-state index contributed by atoms with van der Waals surface area (Å²) in [5, 5.41) is 16.1. The monoisotopic (exact) mass is 319 g/mol. The van der Waals surface area contributed by atoms with Crippen LogP contribution in [0.3, 0.4) is 0 Å². The van der Waals surface area contributed by atoms with Gasteiger partial charge < -0.3 is 5.32 Å². The molecule has 5 heteroatoms. The standard InChI is InChI=1S/C19H17N3O2/c23-22(24)19-8-7-18(16-9-10-20-12-17(16)19)21-11-14-6-5-13-3-1-2-4-15(13)14/h1-4,7-10,12,14,21H,5-6,11H2. The van der Waals surface area contributed by atoms with Gasteiger partial charge in [0.1, 0.15) is 0 Å². The first kappa shape index (κ1) is 14.6. The number of hydrogen-bond donors (Lipinski definition) is 1. The minimum Gasteiger partial charge on any atom is -0.384 e. The number of fused-ring (bicyclic) bond motifs is 2. The molecule has 5 nitrogen and oxygen atoms in total. The van der Waals surface area contributed by atoms with Gasteiger partial charge in [-0.3, -0.25) is 15.1 Å². The van der Waals surface area contributed by atoms with Crippen molar-refractivity contribution in [1.82, 2.24) is 4.98 Å². The maximum Gasteiger partial charge on any atom is 0.278 e. The van der Waals surface area contributed by atoms with Crippen LogP contribution in [-0.2, 0) is 6.42 Å². The van der Waals surface area contributed by atoms with Gasteiger partial charge in [-0.25, -0.2) is 0 Å². The van der Waals surface area contributed by atoms with Crippen molar-refractivity contribution in [2.24, 2.45) is 0 Å². The average Bonchev–Trinajstić information content (AvgIpc) is 3.02. The van der Waals surface area contributed by atoms with Gasteiger partial charge in [0.15, 0.2) is 0 Å². The molecule has 0 amide bonds. The highest BCUT2D eigenvalue weighted by molar-refractivity contribution is 5.99. The van der Waals surface area contributed by atoms with Crippen LogP contribution in [0.15, 0.2) is 54.9 Å². The molecule has 0 fully saturated rings. The molecule has 2 aromatic carbocycles. The van der Waals surface area contributed by atoms with Crippen molar-refractivity contribution in [2.75, 3.05) is 11.9 Å². The zero-order chi connectivity index (χ0) is 16.5. The van der Waals surface area contributed by atoms with E-state index in [0.717, 1.165) is 30.5 Å². The summed E-state index contributed by atoms with van der Waals surface area (Å²) in [5.41, 5.74) is 3.86. The van der Waals surface area contributed by atoms with E-state index >= 15 is 0 Å². The number of benzene rings is 2. The molecule has 120 valence electrons. The summed E-state index contributed by atoms with van der Waals surface area (Å²) in [6.45, 7) is 0.826. The molecule has 0 saturated carbocycles. The van der Waals surface area contributed by atoms with E-state index in [1.807, 2.05) is 6.07 Å². The summed E-state index contributed by atoms with van der Waals surface area (Å²) in [6.07, 6.45) is 5.48. The van der Waals surface area contributed by atoms with Crippen molar-refractivity contribution in [1.29, 1.82) is 0 Å². The lowest BCUT2D eigenvalue weighted by Crippen LogP contribution is -2.10. The SMILES string of the molecule is O=[N+]([O-])c1ccc(NCC2CCc3ccccc32)c2ccncc12. The van der Waals surface area contributed by atoms with Gasteiger partial charge in [-0.15, -0.1) is 0 Å². The van der Waals surface area contributed by atoms with E-state index < -0.39 is 0 Å². The van der Waals surface area contributed by atoms with E-state index in [9.17, 15) is 10.1 Å². The van der Waals surface area contributed by atoms with E-state index in [1.165, 1.54) is 11.1 Å². The van der Waals surface area contributed by atoms with E-state index in [4.69, 9.17) is 0 Å². The lowest BCUT2D eigenvalue weighted by Gasteiger charge is -2.15. The van der Waals surface area contributed by atoms with Crippen LogP contribution < -0.4 is 5.32 Å². The summed E-state index contributed by atoms with van der Waals surface area (Å²) in [5.74, 6) is 0.480. The smallest absolute Gasteiger partial charge is 0.278 e. The third-order valence-electron chi connectivity index (χ3n) is 4.79. The van der Waals surface area contributed by atoms with Crippen LogP contribution in [0.2, 0.25) is 0 Å². The maximum absolute atomic E-state index is 11.2. The molecule has 0 bridgehead atoms. The molecule has 4 rings (SSSR count). The molecule has 1 aliphatic carbocycles. The lowest BCUT2D eigenvalue weighted by molar-refractivity contribution is -0.383. The number of pyridine rings is 1. The summed E-state index contributed by atoms with van der Waals surface area (Å²) in [6, 6.07) is 13.7. The summed E-state index contributed by atoms with van der Waals surface area (Å²) >= 11 is 0. The highest BCUT2D eigenvalue weighted by atomic mass is 16.6. The molecule has 1 unspecified atom stereocenters. The minimum absolute atomic E-state index is 0.0925. The first-order valence-electron chi connectivity index (χ1n) is 8.07. The van der Waals surface area contributed by atoms with E-state index in [0.29, 0.717) is 11.3 Å².